The smallest absolute Gasteiger partial charge is 0.230 e. The van der Waals surface area contributed by atoms with Crippen molar-refractivity contribution in [3.05, 3.63) is 36.5 Å². The van der Waals surface area contributed by atoms with Crippen molar-refractivity contribution in [2.24, 2.45) is 0 Å². The number of imidazole rings is 1. The molecule has 21 heavy (non-hydrogen) atoms. The Bertz CT molecular complexity index is 584. The van der Waals surface area contributed by atoms with Crippen molar-refractivity contribution >= 4 is 17.7 Å². The van der Waals surface area contributed by atoms with E-state index >= 15 is 0 Å². The monoisotopic (exact) mass is 305 g/mol. The molecule has 1 amide bonds. The van der Waals surface area contributed by atoms with Gasteiger partial charge in [-0.05, 0) is 5.56 Å². The predicted octanol–water partition coefficient (Wildman–Crippen LogP) is 2.03. The molecule has 0 unspecified atom stereocenters. The highest BCUT2D eigenvalue weighted by Crippen LogP contribution is 2.25. The normalized spacial score (nSPS) is 10.6. The first kappa shape index (κ1) is 15.6. The number of amides is 1. The van der Waals surface area contributed by atoms with Gasteiger partial charge in [0, 0.05) is 20.7 Å². The predicted molar refractivity (Wildman–Crippen MR) is 84.3 cm³/mol. The number of aromatic nitrogens is 2. The molecule has 1 aromatic carbocycles. The third-order valence-electron chi connectivity index (χ3n) is 3.02. The number of thioether (sulfide) groups is 1. The molecule has 0 atom stereocenters. The summed E-state index contributed by atoms with van der Waals surface area (Å²) in [6.07, 6.45) is 1.84. The fraction of sp³-hybridized carbons (Fsp3) is 0.333. The van der Waals surface area contributed by atoms with Crippen molar-refractivity contribution in [3.8, 4) is 11.3 Å². The number of carbonyl (C=O) groups is 1. The third-order valence-corrected chi connectivity index (χ3v) is 4.01. The van der Waals surface area contributed by atoms with Gasteiger partial charge in [0.25, 0.3) is 0 Å². The summed E-state index contributed by atoms with van der Waals surface area (Å²) in [5.74, 6) is 0.344. The summed E-state index contributed by atoms with van der Waals surface area (Å²) < 4.78 is 7.26. The fourth-order valence-electron chi connectivity index (χ4n) is 1.91. The first-order chi connectivity index (χ1) is 10.3. The van der Waals surface area contributed by atoms with Crippen LogP contribution in [0.2, 0.25) is 0 Å². The number of hydrogen-bond donors (Lipinski definition) is 1. The van der Waals surface area contributed by atoms with Gasteiger partial charge in [-0.25, -0.2) is 4.98 Å². The lowest BCUT2D eigenvalue weighted by molar-refractivity contribution is -0.118. The molecule has 0 saturated carbocycles. The number of benzene rings is 1. The lowest BCUT2D eigenvalue weighted by Gasteiger charge is -2.11. The molecule has 5 nitrogen and oxygen atoms in total. The minimum atomic E-state index is -0.0115. The van der Waals surface area contributed by atoms with E-state index in [0.29, 0.717) is 18.9 Å². The van der Waals surface area contributed by atoms with Crippen LogP contribution in [0.3, 0.4) is 0 Å². The average Bonchev–Trinajstić information content (AvgIpc) is 2.94. The van der Waals surface area contributed by atoms with E-state index in [1.807, 2.05) is 36.5 Å². The van der Waals surface area contributed by atoms with E-state index in [1.54, 1.807) is 14.2 Å². The molecule has 0 aliphatic heterocycles. The number of nitrogens with one attached hydrogen (secondary N) is 1. The molecule has 0 fully saturated rings. The largest absolute Gasteiger partial charge is 0.383 e. The van der Waals surface area contributed by atoms with Crippen LogP contribution >= 0.6 is 11.8 Å². The molecular weight excluding hydrogens is 286 g/mol. The molecule has 1 N–H and O–H groups in total. The number of rotatable bonds is 7. The summed E-state index contributed by atoms with van der Waals surface area (Å²) in [6.45, 7) is 1.31. The van der Waals surface area contributed by atoms with Crippen LogP contribution in [0.15, 0.2) is 41.7 Å². The molecule has 2 aromatic rings. The lowest BCUT2D eigenvalue weighted by atomic mass is 10.2. The van der Waals surface area contributed by atoms with Crippen LogP contribution in [0.1, 0.15) is 0 Å². The Labute approximate surface area is 128 Å². The Morgan fingerprint density at radius 2 is 2.14 bits per heavy atom. The number of ether oxygens (including phenoxy) is 1. The van der Waals surface area contributed by atoms with Gasteiger partial charge in [0.05, 0.1) is 24.3 Å². The Balaban J connectivity index is 2.24. The lowest BCUT2D eigenvalue weighted by Crippen LogP contribution is -2.20. The number of hydrogen-bond acceptors (Lipinski definition) is 4. The van der Waals surface area contributed by atoms with Crippen LogP contribution in [0.5, 0.6) is 0 Å². The zero-order chi connectivity index (χ0) is 15.1. The second-order valence-corrected chi connectivity index (χ2v) is 5.34. The molecule has 2 rings (SSSR count). The van der Waals surface area contributed by atoms with Crippen LogP contribution < -0.4 is 5.32 Å². The van der Waals surface area contributed by atoms with E-state index in [9.17, 15) is 4.79 Å². The van der Waals surface area contributed by atoms with Crippen molar-refractivity contribution in [2.45, 2.75) is 11.7 Å². The molecule has 112 valence electrons. The van der Waals surface area contributed by atoms with Crippen molar-refractivity contribution in [1.82, 2.24) is 14.9 Å². The van der Waals surface area contributed by atoms with Gasteiger partial charge < -0.3 is 14.6 Å². The Hall–Kier alpha value is -1.79. The molecule has 0 aliphatic carbocycles. The maximum Gasteiger partial charge on any atom is 0.230 e. The summed E-state index contributed by atoms with van der Waals surface area (Å²) >= 11 is 1.43. The standard InChI is InChI=1S/C15H19N3O2S/c1-16-14(19)11-21-15-17-10-13(18(15)8-9-20-2)12-6-4-3-5-7-12/h3-7,10H,8-9,11H2,1-2H3,(H,16,19). The quantitative estimate of drug-likeness (QED) is 0.795. The molecule has 0 bridgehead atoms. The van der Waals surface area contributed by atoms with Gasteiger partial charge in [0.2, 0.25) is 5.91 Å². The Kier molecular flexibility index (Phi) is 5.83. The summed E-state index contributed by atoms with van der Waals surface area (Å²) in [6, 6.07) is 10.1. The molecule has 0 radical (unpaired) electrons. The number of carbonyl (C=O) groups excluding carboxylic acids is 1. The van der Waals surface area contributed by atoms with Crippen molar-refractivity contribution in [3.63, 3.8) is 0 Å². The van der Waals surface area contributed by atoms with E-state index < -0.39 is 0 Å². The first-order valence-corrected chi connectivity index (χ1v) is 7.68. The molecule has 0 spiro atoms. The molecule has 6 heteroatoms. The van der Waals surface area contributed by atoms with Gasteiger partial charge in [-0.2, -0.15) is 0 Å². The van der Waals surface area contributed by atoms with Gasteiger partial charge >= 0.3 is 0 Å². The average molecular weight is 305 g/mol. The maximum absolute atomic E-state index is 11.4. The minimum absolute atomic E-state index is 0.0115. The second-order valence-electron chi connectivity index (χ2n) is 4.40. The maximum atomic E-state index is 11.4. The Morgan fingerprint density at radius 3 is 2.81 bits per heavy atom. The minimum Gasteiger partial charge on any atom is -0.383 e. The number of methoxy groups -OCH3 is 1. The van der Waals surface area contributed by atoms with E-state index in [4.69, 9.17) is 4.74 Å². The highest BCUT2D eigenvalue weighted by atomic mass is 32.2. The van der Waals surface area contributed by atoms with Gasteiger partial charge in [0.15, 0.2) is 5.16 Å². The van der Waals surface area contributed by atoms with Crippen molar-refractivity contribution in [2.75, 3.05) is 26.5 Å². The van der Waals surface area contributed by atoms with Gasteiger partial charge in [-0.15, -0.1) is 0 Å². The van der Waals surface area contributed by atoms with E-state index in [2.05, 4.69) is 14.9 Å². The molecule has 0 aliphatic rings. The van der Waals surface area contributed by atoms with Crippen LogP contribution in [0.25, 0.3) is 11.3 Å². The van der Waals surface area contributed by atoms with Gasteiger partial charge in [-0.1, -0.05) is 42.1 Å². The summed E-state index contributed by atoms with van der Waals surface area (Å²) in [5, 5.41) is 3.44. The SMILES string of the molecule is CNC(=O)CSc1ncc(-c2ccccc2)n1CCOC. The van der Waals surface area contributed by atoms with Gasteiger partial charge in [-0.3, -0.25) is 4.79 Å². The summed E-state index contributed by atoms with van der Waals surface area (Å²) in [7, 11) is 3.31. The Morgan fingerprint density at radius 1 is 1.38 bits per heavy atom. The van der Waals surface area contributed by atoms with Crippen LogP contribution in [-0.2, 0) is 16.1 Å². The van der Waals surface area contributed by atoms with Crippen molar-refractivity contribution < 1.29 is 9.53 Å². The topological polar surface area (TPSA) is 56.2 Å². The molecule has 0 saturated heterocycles. The third kappa shape index (κ3) is 4.09. The van der Waals surface area contributed by atoms with Gasteiger partial charge in [0.1, 0.15) is 0 Å². The van der Waals surface area contributed by atoms with Crippen LogP contribution in [0, 0.1) is 0 Å². The van der Waals surface area contributed by atoms with E-state index in [-0.39, 0.29) is 5.91 Å². The summed E-state index contributed by atoms with van der Waals surface area (Å²) in [5.41, 5.74) is 2.14. The highest BCUT2D eigenvalue weighted by molar-refractivity contribution is 7.99. The molecule has 1 aromatic heterocycles. The highest BCUT2D eigenvalue weighted by Gasteiger charge is 2.13. The zero-order valence-electron chi connectivity index (χ0n) is 12.2. The fourth-order valence-corrected chi connectivity index (χ4v) is 2.79. The van der Waals surface area contributed by atoms with E-state index in [0.717, 1.165) is 16.4 Å². The first-order valence-electron chi connectivity index (χ1n) is 6.69. The zero-order valence-corrected chi connectivity index (χ0v) is 13.0. The van der Waals surface area contributed by atoms with E-state index in [1.165, 1.54) is 11.8 Å². The molecule has 1 heterocycles. The number of nitrogens with zero attached hydrogens (tertiary/aromatic N) is 2. The second kappa shape index (κ2) is 7.85. The van der Waals surface area contributed by atoms with Crippen LogP contribution in [-0.4, -0.2) is 42.0 Å². The van der Waals surface area contributed by atoms with Crippen LogP contribution in [0.4, 0.5) is 0 Å². The summed E-state index contributed by atoms with van der Waals surface area (Å²) in [4.78, 5) is 15.8. The van der Waals surface area contributed by atoms with Crippen molar-refractivity contribution in [1.29, 1.82) is 0 Å². The molecular formula is C15H19N3O2S.